The highest BCUT2D eigenvalue weighted by molar-refractivity contribution is 6.42. The van der Waals surface area contributed by atoms with Gasteiger partial charge in [-0.25, -0.2) is 0 Å². The number of hydrogen-bond acceptors (Lipinski definition) is 7. The van der Waals surface area contributed by atoms with Crippen molar-refractivity contribution in [2.75, 3.05) is 5.32 Å². The van der Waals surface area contributed by atoms with Crippen molar-refractivity contribution < 1.29 is 19.0 Å². The molecule has 0 fully saturated rings. The van der Waals surface area contributed by atoms with Gasteiger partial charge >= 0.3 is 0 Å². The molecule has 1 heterocycles. The van der Waals surface area contributed by atoms with Crippen LogP contribution in [-0.2, 0) is 17.8 Å². The fourth-order valence-electron chi connectivity index (χ4n) is 2.22. The first-order valence-electron chi connectivity index (χ1n) is 7.95. The maximum absolute atomic E-state index is 12.2. The van der Waals surface area contributed by atoms with Crippen molar-refractivity contribution in [2.45, 2.75) is 13.0 Å². The molecule has 12 heteroatoms. The summed E-state index contributed by atoms with van der Waals surface area (Å²) in [7, 11) is 0. The van der Waals surface area contributed by atoms with Crippen molar-refractivity contribution in [2.24, 2.45) is 0 Å². The molecule has 0 radical (unpaired) electrons. The number of nitro groups is 1. The number of rotatable bonds is 7. The van der Waals surface area contributed by atoms with Gasteiger partial charge in [0.25, 0.3) is 11.6 Å². The van der Waals surface area contributed by atoms with Gasteiger partial charge in [-0.3, -0.25) is 14.9 Å². The quantitative estimate of drug-likeness (QED) is 0.403. The number of halogens is 3. The van der Waals surface area contributed by atoms with E-state index in [2.05, 4.69) is 15.5 Å². The summed E-state index contributed by atoms with van der Waals surface area (Å²) in [5.74, 6) is 0.194. The predicted molar refractivity (Wildman–Crippen MR) is 106 cm³/mol. The largest absolute Gasteiger partial charge is 0.484 e. The van der Waals surface area contributed by atoms with Gasteiger partial charge in [0.15, 0.2) is 12.4 Å². The molecule has 3 rings (SSSR count). The number of carbonyl (C=O) groups excluding carboxylic acids is 1. The minimum absolute atomic E-state index is 0.0515. The molecule has 0 unspecified atom stereocenters. The topological polar surface area (TPSA) is 120 Å². The van der Waals surface area contributed by atoms with E-state index in [1.165, 1.54) is 36.4 Å². The van der Waals surface area contributed by atoms with Crippen LogP contribution < -0.4 is 10.1 Å². The van der Waals surface area contributed by atoms with E-state index in [9.17, 15) is 14.9 Å². The number of ether oxygens (including phenoxy) is 1. The third-order valence-corrected chi connectivity index (χ3v) is 4.32. The maximum Gasteiger partial charge on any atom is 0.269 e. The Morgan fingerprint density at radius 2 is 1.83 bits per heavy atom. The fourth-order valence-corrected chi connectivity index (χ4v) is 3.13. The summed E-state index contributed by atoms with van der Waals surface area (Å²) >= 11 is 17.9. The zero-order valence-corrected chi connectivity index (χ0v) is 16.7. The van der Waals surface area contributed by atoms with Crippen molar-refractivity contribution >= 4 is 52.1 Å². The van der Waals surface area contributed by atoms with E-state index in [4.69, 9.17) is 44.1 Å². The number of nitro benzene ring substituents is 1. The van der Waals surface area contributed by atoms with Crippen LogP contribution in [-0.4, -0.2) is 21.0 Å². The molecule has 0 saturated heterocycles. The predicted octanol–water partition coefficient (Wildman–Crippen LogP) is 4.70. The lowest BCUT2D eigenvalue weighted by Gasteiger charge is -2.08. The molecular weight excluding hydrogens is 447 g/mol. The number of aromatic nitrogens is 2. The van der Waals surface area contributed by atoms with Gasteiger partial charge < -0.3 is 14.6 Å². The highest BCUT2D eigenvalue weighted by Crippen LogP contribution is 2.33. The van der Waals surface area contributed by atoms with E-state index in [0.29, 0.717) is 10.8 Å². The van der Waals surface area contributed by atoms with Crippen molar-refractivity contribution in [3.63, 3.8) is 0 Å². The van der Waals surface area contributed by atoms with Gasteiger partial charge in [0, 0.05) is 17.2 Å². The van der Waals surface area contributed by atoms with E-state index in [1.807, 2.05) is 0 Å². The number of benzene rings is 2. The van der Waals surface area contributed by atoms with Crippen LogP contribution in [0.25, 0.3) is 0 Å². The Morgan fingerprint density at radius 3 is 2.45 bits per heavy atom. The third kappa shape index (κ3) is 5.57. The second-order valence-corrected chi connectivity index (χ2v) is 6.86. The number of nitrogens with one attached hydrogen (secondary N) is 1. The highest BCUT2D eigenvalue weighted by Gasteiger charge is 2.15. The van der Waals surface area contributed by atoms with Gasteiger partial charge in [0.2, 0.25) is 5.91 Å². The van der Waals surface area contributed by atoms with Gasteiger partial charge in [0.1, 0.15) is 5.75 Å². The molecule has 9 nitrogen and oxygen atoms in total. The first kappa shape index (κ1) is 20.8. The summed E-state index contributed by atoms with van der Waals surface area (Å²) in [5.41, 5.74) is 0.178. The van der Waals surface area contributed by atoms with E-state index in [0.717, 1.165) is 0 Å². The van der Waals surface area contributed by atoms with Crippen LogP contribution in [0.15, 0.2) is 40.9 Å². The molecule has 0 aliphatic rings. The Morgan fingerprint density at radius 1 is 1.17 bits per heavy atom. The molecule has 0 atom stereocenters. The normalized spacial score (nSPS) is 10.6. The smallest absolute Gasteiger partial charge is 0.269 e. The lowest BCUT2D eigenvalue weighted by atomic mass is 10.3. The number of non-ortho nitro benzene ring substituents is 1. The molecule has 0 spiro atoms. The summed E-state index contributed by atoms with van der Waals surface area (Å²) in [6.07, 6.45) is -0.184. The van der Waals surface area contributed by atoms with Gasteiger partial charge in [-0.2, -0.15) is 4.98 Å². The van der Waals surface area contributed by atoms with Gasteiger partial charge in [-0.15, -0.1) is 0 Å². The van der Waals surface area contributed by atoms with E-state index in [1.54, 1.807) is 0 Å². The van der Waals surface area contributed by atoms with Crippen molar-refractivity contribution in [3.05, 3.63) is 73.3 Å². The van der Waals surface area contributed by atoms with Crippen LogP contribution in [0.3, 0.4) is 0 Å². The van der Waals surface area contributed by atoms with Crippen molar-refractivity contribution in [3.8, 4) is 5.75 Å². The Kier molecular flexibility index (Phi) is 6.53. The van der Waals surface area contributed by atoms with Crippen LogP contribution in [0.5, 0.6) is 5.75 Å². The molecule has 0 aliphatic heterocycles. The van der Waals surface area contributed by atoms with Crippen LogP contribution in [0.2, 0.25) is 15.1 Å². The molecule has 0 bridgehead atoms. The molecule has 0 saturated carbocycles. The standard InChI is InChI=1S/C17H11Cl3N4O5/c18-9-5-12(19)17(13(20)6-9)22-15(25)7-14-21-16(29-23-14)8-28-11-3-1-10(2-4-11)24(26)27/h1-6H,7-8H2,(H,22,25). The summed E-state index contributed by atoms with van der Waals surface area (Å²) in [5, 5.41) is 17.6. The zero-order valence-electron chi connectivity index (χ0n) is 14.4. The Hall–Kier alpha value is -2.88. The van der Waals surface area contributed by atoms with Crippen molar-refractivity contribution in [1.29, 1.82) is 0 Å². The Labute approximate surface area is 178 Å². The zero-order chi connectivity index (χ0) is 21.0. The SMILES string of the molecule is O=C(Cc1noc(COc2ccc([N+](=O)[O-])cc2)n1)Nc1c(Cl)cc(Cl)cc1Cl. The molecule has 1 amide bonds. The number of nitrogens with zero attached hydrogens (tertiary/aromatic N) is 3. The van der Waals surface area contributed by atoms with Crippen LogP contribution in [0, 0.1) is 10.1 Å². The van der Waals surface area contributed by atoms with E-state index in [-0.39, 0.29) is 46.2 Å². The number of anilines is 1. The second kappa shape index (κ2) is 9.08. The third-order valence-electron chi connectivity index (χ3n) is 3.51. The number of carbonyl (C=O) groups is 1. The first-order valence-corrected chi connectivity index (χ1v) is 9.08. The summed E-state index contributed by atoms with van der Waals surface area (Å²) in [4.78, 5) is 26.3. The lowest BCUT2D eigenvalue weighted by molar-refractivity contribution is -0.384. The molecule has 1 aromatic heterocycles. The lowest BCUT2D eigenvalue weighted by Crippen LogP contribution is -2.16. The molecule has 1 N–H and O–H groups in total. The summed E-state index contributed by atoms with van der Waals surface area (Å²) < 4.78 is 10.4. The van der Waals surface area contributed by atoms with E-state index < -0.39 is 10.8 Å². The minimum atomic E-state index is -0.510. The average Bonchev–Trinajstić information content (AvgIpc) is 3.10. The number of hydrogen-bond donors (Lipinski definition) is 1. The Balaban J connectivity index is 1.56. The van der Waals surface area contributed by atoms with E-state index >= 15 is 0 Å². The first-order chi connectivity index (χ1) is 13.8. The van der Waals surface area contributed by atoms with Gasteiger partial charge in [-0.1, -0.05) is 40.0 Å². The van der Waals surface area contributed by atoms with Crippen LogP contribution in [0.1, 0.15) is 11.7 Å². The fraction of sp³-hybridized carbons (Fsp3) is 0.118. The minimum Gasteiger partial charge on any atom is -0.484 e. The van der Waals surface area contributed by atoms with Gasteiger partial charge in [0.05, 0.1) is 27.1 Å². The van der Waals surface area contributed by atoms with Gasteiger partial charge in [-0.05, 0) is 24.3 Å². The molecule has 3 aromatic rings. The molecule has 29 heavy (non-hydrogen) atoms. The summed E-state index contributed by atoms with van der Waals surface area (Å²) in [6, 6.07) is 8.42. The molecule has 150 valence electrons. The monoisotopic (exact) mass is 456 g/mol. The van der Waals surface area contributed by atoms with Crippen LogP contribution in [0.4, 0.5) is 11.4 Å². The molecular formula is C17H11Cl3N4O5. The van der Waals surface area contributed by atoms with Crippen molar-refractivity contribution in [1.82, 2.24) is 10.1 Å². The molecule has 0 aliphatic carbocycles. The second-order valence-electron chi connectivity index (χ2n) is 5.61. The summed E-state index contributed by atoms with van der Waals surface area (Å²) in [6.45, 7) is -0.0682. The highest BCUT2D eigenvalue weighted by atomic mass is 35.5. The average molecular weight is 458 g/mol. The maximum atomic E-state index is 12.2. The van der Waals surface area contributed by atoms with Crippen LogP contribution >= 0.6 is 34.8 Å². The molecule has 2 aromatic carbocycles. The Bertz CT molecular complexity index is 1030. The number of amides is 1.